The molecular weight excluding hydrogens is 302 g/mol. The van der Waals surface area contributed by atoms with Gasteiger partial charge in [0.05, 0.1) is 11.4 Å². The van der Waals surface area contributed by atoms with Crippen molar-refractivity contribution in [3.05, 3.63) is 77.2 Å². The molecule has 0 atom stereocenters. The number of carbonyl (C=O) groups excluding carboxylic acids is 1. The Morgan fingerprint density at radius 3 is 2.57 bits per heavy atom. The van der Waals surface area contributed by atoms with Crippen molar-refractivity contribution in [1.82, 2.24) is 4.90 Å². The normalized spacial score (nSPS) is 13.1. The molecule has 0 aromatic heterocycles. The molecule has 0 fully saturated rings. The Morgan fingerprint density at radius 1 is 1.13 bits per heavy atom. The molecule has 2 aromatic rings. The number of rotatable bonds is 4. The molecule has 0 radical (unpaired) electrons. The maximum absolute atomic E-state index is 11.8. The van der Waals surface area contributed by atoms with Gasteiger partial charge in [0.25, 0.3) is 0 Å². The molecule has 2 aromatic carbocycles. The molecule has 23 heavy (non-hydrogen) atoms. The predicted octanol–water partition coefficient (Wildman–Crippen LogP) is 4.06. The highest BCUT2D eigenvalue weighted by molar-refractivity contribution is 7.81. The third-order valence-corrected chi connectivity index (χ3v) is 4.15. The van der Waals surface area contributed by atoms with Gasteiger partial charge in [-0.15, -0.1) is 0 Å². The Bertz CT molecular complexity index is 838. The zero-order valence-corrected chi connectivity index (χ0v) is 13.8. The summed E-state index contributed by atoms with van der Waals surface area (Å²) in [5.41, 5.74) is 11.2. The summed E-state index contributed by atoms with van der Waals surface area (Å²) in [7, 11) is 2.04. The Morgan fingerprint density at radius 2 is 1.87 bits per heavy atom. The molecule has 3 rings (SSSR count). The highest BCUT2D eigenvalue weighted by atomic mass is 32.1. The molecule has 3 heteroatoms. The topological polar surface area (TPSA) is 20.3 Å². The van der Waals surface area contributed by atoms with Gasteiger partial charge in [0.1, 0.15) is 0 Å². The molecule has 0 spiro atoms. The highest BCUT2D eigenvalue weighted by Crippen LogP contribution is 2.25. The summed E-state index contributed by atoms with van der Waals surface area (Å²) in [4.78, 5) is 13.9. The van der Waals surface area contributed by atoms with Crippen LogP contribution in [-0.4, -0.2) is 30.0 Å². The predicted molar refractivity (Wildman–Crippen MR) is 97.7 cm³/mol. The lowest BCUT2D eigenvalue weighted by Crippen LogP contribution is -2.17. The summed E-state index contributed by atoms with van der Waals surface area (Å²) in [5, 5.41) is 0. The van der Waals surface area contributed by atoms with Gasteiger partial charge in [0.2, 0.25) is 0 Å². The monoisotopic (exact) mass is 319 g/mol. The van der Waals surface area contributed by atoms with Gasteiger partial charge in [-0.1, -0.05) is 48.2 Å². The lowest BCUT2D eigenvalue weighted by atomic mass is 9.99. The van der Waals surface area contributed by atoms with Crippen LogP contribution in [0.4, 0.5) is 0 Å². The summed E-state index contributed by atoms with van der Waals surface area (Å²) in [6.07, 6.45) is 1.96. The number of likely N-dealkylation sites (N-methyl/N-ethyl adjacent to an activating group) is 1. The van der Waals surface area contributed by atoms with Crippen LogP contribution in [0.25, 0.3) is 16.8 Å². The summed E-state index contributed by atoms with van der Waals surface area (Å²) < 4.78 is 0. The van der Waals surface area contributed by atoms with Crippen LogP contribution in [0.5, 0.6) is 0 Å². The van der Waals surface area contributed by atoms with Crippen LogP contribution in [0.3, 0.4) is 0 Å². The molecule has 0 bridgehead atoms. The van der Waals surface area contributed by atoms with E-state index in [1.807, 2.05) is 37.4 Å². The van der Waals surface area contributed by atoms with Crippen LogP contribution in [0, 0.1) is 0 Å². The second-order valence-electron chi connectivity index (χ2n) is 5.44. The van der Waals surface area contributed by atoms with E-state index in [4.69, 9.17) is 0 Å². The van der Waals surface area contributed by atoms with Gasteiger partial charge in [-0.2, -0.15) is 12.6 Å². The molecule has 0 amide bonds. The van der Waals surface area contributed by atoms with E-state index in [-0.39, 0.29) is 11.5 Å². The molecule has 114 valence electrons. The lowest BCUT2D eigenvalue weighted by molar-refractivity contribution is 0.102. The Kier molecular flexibility index (Phi) is 4.55. The highest BCUT2D eigenvalue weighted by Gasteiger charge is 2.09. The quantitative estimate of drug-likeness (QED) is 0.521. The SMILES string of the molecule is CN1CC=C=C=C1c1ccc(-c2cccc(C(=O)CS)c2)cc1. The minimum atomic E-state index is 0.0395. The molecule has 0 N–H and O–H groups in total. The van der Waals surface area contributed by atoms with Crippen LogP contribution in [0.1, 0.15) is 15.9 Å². The zero-order chi connectivity index (χ0) is 16.2. The average Bonchev–Trinajstić information content (AvgIpc) is 2.62. The van der Waals surface area contributed by atoms with Crippen molar-refractivity contribution < 1.29 is 4.79 Å². The summed E-state index contributed by atoms with van der Waals surface area (Å²) in [6, 6.07) is 16.0. The van der Waals surface area contributed by atoms with Crippen LogP contribution in [-0.2, 0) is 0 Å². The Hall–Kier alpha value is -2.44. The largest absolute Gasteiger partial charge is 0.363 e. The second-order valence-corrected chi connectivity index (χ2v) is 5.76. The number of Topliss-reactive ketones (excluding diaryl/α,β-unsaturated/α-hetero) is 1. The number of hydrogen-bond acceptors (Lipinski definition) is 3. The van der Waals surface area contributed by atoms with Gasteiger partial charge >= 0.3 is 0 Å². The smallest absolute Gasteiger partial charge is 0.172 e. The first-order chi connectivity index (χ1) is 11.2. The van der Waals surface area contributed by atoms with Gasteiger partial charge in [0, 0.05) is 24.7 Å². The lowest BCUT2D eigenvalue weighted by Gasteiger charge is -2.20. The van der Waals surface area contributed by atoms with Gasteiger partial charge < -0.3 is 4.90 Å². The van der Waals surface area contributed by atoms with Crippen molar-refractivity contribution in [2.45, 2.75) is 0 Å². The van der Waals surface area contributed by atoms with Gasteiger partial charge in [-0.25, -0.2) is 0 Å². The van der Waals surface area contributed by atoms with E-state index >= 15 is 0 Å². The molecular formula is C20H17NOS. The Balaban J connectivity index is 1.93. The van der Waals surface area contributed by atoms with Crippen molar-refractivity contribution in [2.75, 3.05) is 19.3 Å². The number of nitrogens with zero attached hydrogens (tertiary/aromatic N) is 1. The molecule has 2 nitrogen and oxygen atoms in total. The number of carbonyl (C=O) groups is 1. The van der Waals surface area contributed by atoms with Gasteiger partial charge in [0.15, 0.2) is 5.78 Å². The van der Waals surface area contributed by atoms with Crippen LogP contribution in [0.15, 0.2) is 66.1 Å². The molecule has 0 saturated carbocycles. The maximum Gasteiger partial charge on any atom is 0.172 e. The third kappa shape index (κ3) is 3.33. The molecule has 1 aliphatic rings. The van der Waals surface area contributed by atoms with E-state index in [0.29, 0.717) is 5.56 Å². The van der Waals surface area contributed by atoms with Crippen LogP contribution < -0.4 is 0 Å². The summed E-state index contributed by atoms with van der Waals surface area (Å²) >= 11 is 4.06. The van der Waals surface area contributed by atoms with E-state index in [0.717, 1.165) is 28.9 Å². The molecule has 0 unspecified atom stereocenters. The van der Waals surface area contributed by atoms with E-state index in [9.17, 15) is 4.79 Å². The third-order valence-electron chi connectivity index (χ3n) is 3.86. The fourth-order valence-electron chi connectivity index (χ4n) is 2.57. The fraction of sp³-hybridized carbons (Fsp3) is 0.150. The summed E-state index contributed by atoms with van der Waals surface area (Å²) in [5.74, 6) is 0.264. The minimum absolute atomic E-state index is 0.0395. The summed E-state index contributed by atoms with van der Waals surface area (Å²) in [6.45, 7) is 0.845. The number of ketones is 1. The van der Waals surface area contributed by atoms with Crippen molar-refractivity contribution in [3.63, 3.8) is 0 Å². The first-order valence-electron chi connectivity index (χ1n) is 7.45. The van der Waals surface area contributed by atoms with Gasteiger partial charge in [-0.05, 0) is 29.0 Å². The molecule has 1 aliphatic heterocycles. The van der Waals surface area contributed by atoms with E-state index in [2.05, 4.69) is 53.3 Å². The first kappa shape index (κ1) is 15.5. The molecule has 0 saturated heterocycles. The average molecular weight is 319 g/mol. The Labute approximate surface area is 141 Å². The fourth-order valence-corrected chi connectivity index (χ4v) is 2.75. The van der Waals surface area contributed by atoms with Gasteiger partial charge in [-0.3, -0.25) is 4.79 Å². The maximum atomic E-state index is 11.8. The minimum Gasteiger partial charge on any atom is -0.363 e. The van der Waals surface area contributed by atoms with Crippen molar-refractivity contribution in [1.29, 1.82) is 0 Å². The van der Waals surface area contributed by atoms with Crippen LogP contribution >= 0.6 is 12.6 Å². The van der Waals surface area contributed by atoms with Crippen molar-refractivity contribution >= 4 is 24.1 Å². The van der Waals surface area contributed by atoms with E-state index in [1.165, 1.54) is 0 Å². The van der Waals surface area contributed by atoms with E-state index in [1.54, 1.807) is 0 Å². The van der Waals surface area contributed by atoms with Crippen LogP contribution in [0.2, 0.25) is 0 Å². The number of benzene rings is 2. The second kappa shape index (κ2) is 6.76. The molecule has 0 aliphatic carbocycles. The first-order valence-corrected chi connectivity index (χ1v) is 8.08. The standard InChI is InChI=1S/C20H17NOS/c1-21-12-3-2-7-19(21)16-10-8-15(9-11-16)17-5-4-6-18(13-17)20(22)14-23/h3-6,8-11,13,23H,12,14H2,1H3. The number of hydrogen-bond donors (Lipinski definition) is 1. The molecule has 1 heterocycles. The number of thiol groups is 1. The van der Waals surface area contributed by atoms with Crippen molar-refractivity contribution in [2.24, 2.45) is 0 Å². The van der Waals surface area contributed by atoms with E-state index < -0.39 is 0 Å². The van der Waals surface area contributed by atoms with Crippen molar-refractivity contribution in [3.8, 4) is 11.1 Å². The zero-order valence-electron chi connectivity index (χ0n) is 12.9.